The number of rotatable bonds is 3. The predicted molar refractivity (Wildman–Crippen MR) is 56.3 cm³/mol. The molecule has 0 aliphatic rings. The number of hydrogen-bond acceptors (Lipinski definition) is 2. The molecular weight excluding hydrogens is 176 g/mol. The molecule has 0 aromatic carbocycles. The number of hydrogen-bond donors (Lipinski definition) is 0. The Morgan fingerprint density at radius 2 is 2.07 bits per heavy atom. The van der Waals surface area contributed by atoms with Crippen molar-refractivity contribution in [3.63, 3.8) is 0 Å². The van der Waals surface area contributed by atoms with Gasteiger partial charge in [0.15, 0.2) is 5.78 Å². The van der Waals surface area contributed by atoms with Crippen molar-refractivity contribution in [1.82, 2.24) is 9.78 Å². The minimum atomic E-state index is -0.535. The van der Waals surface area contributed by atoms with Crippen LogP contribution in [0.15, 0.2) is 12.4 Å². The van der Waals surface area contributed by atoms with Gasteiger partial charge in [0, 0.05) is 6.20 Å². The van der Waals surface area contributed by atoms with Crippen LogP contribution in [0, 0.1) is 0 Å². The third-order valence-electron chi connectivity index (χ3n) is 2.70. The lowest BCUT2D eigenvalue weighted by molar-refractivity contribution is -0.124. The first-order valence-corrected chi connectivity index (χ1v) is 4.91. The first-order chi connectivity index (χ1) is 6.35. The molecule has 0 N–H and O–H groups in total. The Bertz CT molecular complexity index is 337. The molecule has 0 radical (unpaired) electrons. The number of carbonyl (C=O) groups excluding carboxylic acids is 1. The largest absolute Gasteiger partial charge is 0.297 e. The molecule has 0 atom stereocenters. The minimum Gasteiger partial charge on any atom is -0.297 e. The van der Waals surface area contributed by atoms with E-state index in [1.807, 2.05) is 26.2 Å². The van der Waals surface area contributed by atoms with E-state index in [2.05, 4.69) is 18.9 Å². The molecule has 0 amide bonds. The summed E-state index contributed by atoms with van der Waals surface area (Å²) in [5, 5.41) is 4.23. The van der Waals surface area contributed by atoms with Gasteiger partial charge >= 0.3 is 0 Å². The molecular formula is C11H18N2O. The Morgan fingerprint density at radius 1 is 1.50 bits per heavy atom. The number of carbonyl (C=O) groups is 1. The maximum atomic E-state index is 11.4. The zero-order valence-corrected chi connectivity index (χ0v) is 9.53. The lowest BCUT2D eigenvalue weighted by Gasteiger charge is -2.21. The minimum absolute atomic E-state index is 0.121. The molecule has 1 heterocycles. The van der Waals surface area contributed by atoms with Gasteiger partial charge in [-0.2, -0.15) is 5.10 Å². The lowest BCUT2D eigenvalue weighted by Crippen LogP contribution is -2.34. The number of ketones is 1. The number of aromatic nitrogens is 2. The Labute approximate surface area is 85.1 Å². The zero-order valence-electron chi connectivity index (χ0n) is 9.53. The van der Waals surface area contributed by atoms with E-state index >= 15 is 0 Å². The van der Waals surface area contributed by atoms with Gasteiger partial charge in [-0.15, -0.1) is 0 Å². The summed E-state index contributed by atoms with van der Waals surface area (Å²) in [5.41, 5.74) is 0.631. The fourth-order valence-corrected chi connectivity index (χ4v) is 1.10. The Morgan fingerprint density at radius 3 is 2.43 bits per heavy atom. The van der Waals surface area contributed by atoms with Crippen LogP contribution >= 0.6 is 0 Å². The third kappa shape index (κ3) is 1.86. The van der Waals surface area contributed by atoms with Crippen LogP contribution in [0.1, 0.15) is 46.1 Å². The summed E-state index contributed by atoms with van der Waals surface area (Å²) in [5.74, 6) is 0.572. The molecule has 3 nitrogen and oxygen atoms in total. The van der Waals surface area contributed by atoms with Crippen molar-refractivity contribution in [1.29, 1.82) is 0 Å². The van der Waals surface area contributed by atoms with Crippen molar-refractivity contribution in [2.75, 3.05) is 0 Å². The Kier molecular flexibility index (Phi) is 2.79. The predicted octanol–water partition coefficient (Wildman–Crippen LogP) is 2.33. The van der Waals surface area contributed by atoms with Crippen molar-refractivity contribution in [3.8, 4) is 0 Å². The summed E-state index contributed by atoms with van der Waals surface area (Å²) in [7, 11) is 0. The van der Waals surface area contributed by atoms with Gasteiger partial charge in [0.1, 0.15) is 5.54 Å². The first kappa shape index (κ1) is 11.0. The van der Waals surface area contributed by atoms with Crippen molar-refractivity contribution >= 4 is 5.78 Å². The summed E-state index contributed by atoms with van der Waals surface area (Å²) in [4.78, 5) is 11.4. The molecule has 0 spiro atoms. The highest BCUT2D eigenvalue weighted by atomic mass is 16.1. The second kappa shape index (κ2) is 3.56. The molecule has 3 heteroatoms. The average Bonchev–Trinajstić information content (AvgIpc) is 2.51. The van der Waals surface area contributed by atoms with Crippen LogP contribution in [0.4, 0.5) is 0 Å². The molecule has 1 aromatic heterocycles. The maximum Gasteiger partial charge on any atom is 0.156 e. The monoisotopic (exact) mass is 194 g/mol. The normalized spacial score (nSPS) is 12.1. The maximum absolute atomic E-state index is 11.4. The molecule has 0 aliphatic heterocycles. The molecule has 0 saturated heterocycles. The van der Waals surface area contributed by atoms with Crippen molar-refractivity contribution in [3.05, 3.63) is 18.0 Å². The molecule has 78 valence electrons. The van der Waals surface area contributed by atoms with Gasteiger partial charge in [0.25, 0.3) is 0 Å². The van der Waals surface area contributed by atoms with Crippen LogP contribution in [0.25, 0.3) is 0 Å². The summed E-state index contributed by atoms with van der Waals surface area (Å²) in [6.07, 6.45) is 3.78. The molecule has 0 bridgehead atoms. The molecule has 0 aliphatic carbocycles. The second-order valence-electron chi connectivity index (χ2n) is 4.49. The zero-order chi connectivity index (χ0) is 10.9. The third-order valence-corrected chi connectivity index (χ3v) is 2.70. The van der Waals surface area contributed by atoms with Gasteiger partial charge in [-0.3, -0.25) is 9.48 Å². The van der Waals surface area contributed by atoms with Gasteiger partial charge < -0.3 is 0 Å². The van der Waals surface area contributed by atoms with Gasteiger partial charge in [-0.05, 0) is 32.3 Å². The van der Waals surface area contributed by atoms with E-state index in [9.17, 15) is 4.79 Å². The Balaban J connectivity index is 3.03. The van der Waals surface area contributed by atoms with E-state index in [1.165, 1.54) is 5.56 Å². The van der Waals surface area contributed by atoms with Crippen LogP contribution in [0.2, 0.25) is 0 Å². The molecule has 0 unspecified atom stereocenters. The fraction of sp³-hybridized carbons (Fsp3) is 0.636. The smallest absolute Gasteiger partial charge is 0.156 e. The Hall–Kier alpha value is -1.12. The molecule has 0 saturated carbocycles. The van der Waals surface area contributed by atoms with E-state index in [4.69, 9.17) is 0 Å². The standard InChI is InChI=1S/C11H18N2O/c1-8(2)10-6-12-13(7-10)11(4,5)9(3)14/h6-8H,1-5H3. The summed E-state index contributed by atoms with van der Waals surface area (Å²) in [6.45, 7) is 9.58. The molecule has 0 fully saturated rings. The van der Waals surface area contributed by atoms with Gasteiger partial charge in [-0.25, -0.2) is 0 Å². The van der Waals surface area contributed by atoms with Crippen LogP contribution in [0.3, 0.4) is 0 Å². The highest BCUT2D eigenvalue weighted by Crippen LogP contribution is 2.19. The van der Waals surface area contributed by atoms with Crippen molar-refractivity contribution in [2.24, 2.45) is 0 Å². The van der Waals surface area contributed by atoms with E-state index in [1.54, 1.807) is 11.6 Å². The SMILES string of the molecule is CC(=O)C(C)(C)n1cc(C(C)C)cn1. The van der Waals surface area contributed by atoms with E-state index < -0.39 is 5.54 Å². The quantitative estimate of drug-likeness (QED) is 0.740. The van der Waals surface area contributed by atoms with Gasteiger partial charge in [-0.1, -0.05) is 13.8 Å². The average molecular weight is 194 g/mol. The highest BCUT2D eigenvalue weighted by molar-refractivity contribution is 5.83. The first-order valence-electron chi connectivity index (χ1n) is 4.91. The topological polar surface area (TPSA) is 34.9 Å². The van der Waals surface area contributed by atoms with E-state index in [-0.39, 0.29) is 5.78 Å². The number of Topliss-reactive ketones (excluding diaryl/α,β-unsaturated/α-hetero) is 1. The van der Waals surface area contributed by atoms with Crippen LogP contribution < -0.4 is 0 Å². The summed E-state index contributed by atoms with van der Waals surface area (Å²) < 4.78 is 1.74. The summed E-state index contributed by atoms with van der Waals surface area (Å²) in [6, 6.07) is 0. The molecule has 14 heavy (non-hydrogen) atoms. The van der Waals surface area contributed by atoms with E-state index in [0.717, 1.165) is 0 Å². The van der Waals surface area contributed by atoms with Crippen LogP contribution in [-0.2, 0) is 10.3 Å². The summed E-state index contributed by atoms with van der Waals surface area (Å²) >= 11 is 0. The van der Waals surface area contributed by atoms with Crippen LogP contribution in [-0.4, -0.2) is 15.6 Å². The van der Waals surface area contributed by atoms with Crippen molar-refractivity contribution < 1.29 is 4.79 Å². The molecule has 1 rings (SSSR count). The van der Waals surface area contributed by atoms with Gasteiger partial charge in [0.2, 0.25) is 0 Å². The number of nitrogens with zero attached hydrogens (tertiary/aromatic N) is 2. The highest BCUT2D eigenvalue weighted by Gasteiger charge is 2.26. The van der Waals surface area contributed by atoms with Gasteiger partial charge in [0.05, 0.1) is 6.20 Å². The second-order valence-corrected chi connectivity index (χ2v) is 4.49. The fourth-order valence-electron chi connectivity index (χ4n) is 1.10. The lowest BCUT2D eigenvalue weighted by atomic mass is 10.0. The van der Waals surface area contributed by atoms with E-state index in [0.29, 0.717) is 5.92 Å². The van der Waals surface area contributed by atoms with Crippen LogP contribution in [0.5, 0.6) is 0 Å². The van der Waals surface area contributed by atoms with Crippen molar-refractivity contribution in [2.45, 2.75) is 46.1 Å². The molecule has 1 aromatic rings.